The monoisotopic (exact) mass is 380 g/mol. The molecule has 1 aliphatic heterocycles. The molecule has 0 radical (unpaired) electrons. The Morgan fingerprint density at radius 2 is 1.48 bits per heavy atom. The predicted octanol–water partition coefficient (Wildman–Crippen LogP) is 4.07. The molecule has 0 aromatic heterocycles. The molecule has 2 nitrogen and oxygen atoms in total. The van der Waals surface area contributed by atoms with Gasteiger partial charge in [0.2, 0.25) is 0 Å². The first-order chi connectivity index (χ1) is 11.4. The number of nitrogens with one attached hydrogen (secondary N) is 1. The third kappa shape index (κ3) is 4.38. The molecule has 1 heterocycles. The van der Waals surface area contributed by atoms with Crippen LogP contribution >= 0.6 is 0 Å². The first-order valence-corrected chi connectivity index (χ1v) is 7.13. The summed E-state index contributed by atoms with van der Waals surface area (Å²) in [4.78, 5) is 0.933. The number of alkyl halides is 8. The lowest BCUT2D eigenvalue weighted by Gasteiger charge is -2.36. The number of hydrogen-bond donors (Lipinski definition) is 1. The Morgan fingerprint density at radius 3 is 1.92 bits per heavy atom. The van der Waals surface area contributed by atoms with Gasteiger partial charge < -0.3 is 5.32 Å². The van der Waals surface area contributed by atoms with Crippen molar-refractivity contribution in [3.8, 4) is 0 Å². The lowest BCUT2D eigenvalue weighted by atomic mass is 9.95. The molecule has 1 aliphatic rings. The molecule has 11 heteroatoms. The van der Waals surface area contributed by atoms with Gasteiger partial charge >= 0.3 is 12.4 Å². The topological polar surface area (TPSA) is 15.3 Å². The number of nitrogens with zero attached hydrogens (tertiary/aromatic N) is 1. The number of halogens is 9. The summed E-state index contributed by atoms with van der Waals surface area (Å²) >= 11 is 0. The lowest BCUT2D eigenvalue weighted by Crippen LogP contribution is -2.47. The van der Waals surface area contributed by atoms with Crippen molar-refractivity contribution in [2.45, 2.75) is 24.8 Å². The molecule has 0 bridgehead atoms. The van der Waals surface area contributed by atoms with Crippen molar-refractivity contribution < 1.29 is 39.5 Å². The second kappa shape index (κ2) is 7.02. The van der Waals surface area contributed by atoms with E-state index >= 15 is 0 Å². The molecule has 2 rings (SSSR count). The van der Waals surface area contributed by atoms with Gasteiger partial charge in [-0.15, -0.1) is 0 Å². The molecule has 0 unspecified atom stereocenters. The Hall–Kier alpha value is -1.49. The van der Waals surface area contributed by atoms with Gasteiger partial charge in [0.25, 0.3) is 6.43 Å². The van der Waals surface area contributed by atoms with Gasteiger partial charge in [-0.3, -0.25) is 4.90 Å². The fourth-order valence-corrected chi connectivity index (χ4v) is 2.74. The van der Waals surface area contributed by atoms with E-state index in [1.165, 1.54) is 0 Å². The van der Waals surface area contributed by atoms with Crippen LogP contribution in [0.1, 0.15) is 22.7 Å². The van der Waals surface area contributed by atoms with E-state index in [4.69, 9.17) is 0 Å². The third-order valence-corrected chi connectivity index (χ3v) is 3.84. The van der Waals surface area contributed by atoms with Crippen molar-refractivity contribution in [1.29, 1.82) is 0 Å². The average Bonchev–Trinajstić information content (AvgIpc) is 2.47. The van der Waals surface area contributed by atoms with E-state index in [-0.39, 0.29) is 38.3 Å². The number of rotatable bonds is 3. The van der Waals surface area contributed by atoms with Crippen LogP contribution in [0.25, 0.3) is 0 Å². The molecule has 1 fully saturated rings. The van der Waals surface area contributed by atoms with Crippen molar-refractivity contribution >= 4 is 0 Å². The first-order valence-electron chi connectivity index (χ1n) is 7.13. The van der Waals surface area contributed by atoms with Gasteiger partial charge in [0.15, 0.2) is 0 Å². The number of hydrogen-bond acceptors (Lipinski definition) is 2. The van der Waals surface area contributed by atoms with Crippen LogP contribution in [0.15, 0.2) is 12.1 Å². The Morgan fingerprint density at radius 1 is 0.920 bits per heavy atom. The van der Waals surface area contributed by atoms with Crippen molar-refractivity contribution in [3.63, 3.8) is 0 Å². The van der Waals surface area contributed by atoms with Gasteiger partial charge in [0, 0.05) is 31.7 Å². The molecule has 1 aromatic carbocycles. The van der Waals surface area contributed by atoms with E-state index in [1.54, 1.807) is 0 Å². The van der Waals surface area contributed by atoms with Crippen LogP contribution in [-0.4, -0.2) is 37.5 Å². The van der Waals surface area contributed by atoms with Gasteiger partial charge in [-0.2, -0.15) is 26.3 Å². The van der Waals surface area contributed by atoms with Crippen molar-refractivity contribution in [2.75, 3.05) is 26.2 Å². The third-order valence-electron chi connectivity index (χ3n) is 3.84. The summed E-state index contributed by atoms with van der Waals surface area (Å²) in [6, 6.07) is -2.79. The summed E-state index contributed by atoms with van der Waals surface area (Å²) in [7, 11) is 0. The minimum Gasteiger partial charge on any atom is -0.314 e. The quantitative estimate of drug-likeness (QED) is 0.796. The molecular weight excluding hydrogens is 367 g/mol. The maximum absolute atomic E-state index is 14.2. The van der Waals surface area contributed by atoms with Crippen LogP contribution in [0.4, 0.5) is 39.5 Å². The lowest BCUT2D eigenvalue weighted by molar-refractivity contribution is -0.144. The molecule has 1 aromatic rings. The van der Waals surface area contributed by atoms with Gasteiger partial charge in [-0.25, -0.2) is 13.2 Å². The maximum atomic E-state index is 14.2. The molecule has 0 spiro atoms. The van der Waals surface area contributed by atoms with Gasteiger partial charge in [-0.05, 0) is 12.1 Å². The second-order valence-corrected chi connectivity index (χ2v) is 5.48. The van der Waals surface area contributed by atoms with E-state index in [2.05, 4.69) is 5.32 Å². The van der Waals surface area contributed by atoms with Crippen molar-refractivity contribution in [3.05, 3.63) is 34.6 Å². The highest BCUT2D eigenvalue weighted by molar-refractivity contribution is 5.39. The molecular formula is C14H13F9N2. The highest BCUT2D eigenvalue weighted by Gasteiger charge is 2.44. The zero-order chi connectivity index (χ0) is 19.0. The zero-order valence-corrected chi connectivity index (χ0v) is 12.5. The van der Waals surface area contributed by atoms with E-state index in [0.717, 1.165) is 4.90 Å². The van der Waals surface area contributed by atoms with E-state index in [0.29, 0.717) is 0 Å². The Labute approximate surface area is 136 Å². The number of piperazine rings is 1. The fraction of sp³-hybridized carbons (Fsp3) is 0.571. The van der Waals surface area contributed by atoms with E-state index in [1.807, 2.05) is 0 Å². The molecule has 0 aliphatic carbocycles. The predicted molar refractivity (Wildman–Crippen MR) is 69.6 cm³/mol. The summed E-state index contributed by atoms with van der Waals surface area (Å²) in [5, 5.41) is 2.80. The van der Waals surface area contributed by atoms with Crippen molar-refractivity contribution in [1.82, 2.24) is 10.2 Å². The van der Waals surface area contributed by atoms with Crippen LogP contribution < -0.4 is 5.32 Å². The molecule has 25 heavy (non-hydrogen) atoms. The Balaban J connectivity index is 2.64. The van der Waals surface area contributed by atoms with Gasteiger partial charge in [0.1, 0.15) is 5.82 Å². The molecule has 1 atom stereocenters. The number of benzene rings is 1. The molecule has 0 amide bonds. The minimum absolute atomic E-state index is 0.0905. The Bertz CT molecular complexity index is 604. The van der Waals surface area contributed by atoms with Crippen LogP contribution in [0.3, 0.4) is 0 Å². The highest BCUT2D eigenvalue weighted by atomic mass is 19.4. The average molecular weight is 380 g/mol. The van der Waals surface area contributed by atoms with Gasteiger partial charge in [-0.1, -0.05) is 0 Å². The van der Waals surface area contributed by atoms with Crippen molar-refractivity contribution in [2.24, 2.45) is 0 Å². The van der Waals surface area contributed by atoms with Crippen LogP contribution in [-0.2, 0) is 12.4 Å². The normalized spacial score (nSPS) is 18.6. The Kier molecular flexibility index (Phi) is 5.57. The zero-order valence-electron chi connectivity index (χ0n) is 12.5. The second-order valence-electron chi connectivity index (χ2n) is 5.48. The summed E-state index contributed by atoms with van der Waals surface area (Å²) in [5.41, 5.74) is -5.38. The molecule has 0 saturated carbocycles. The fourth-order valence-electron chi connectivity index (χ4n) is 2.74. The smallest absolute Gasteiger partial charge is 0.314 e. The molecule has 1 N–H and O–H groups in total. The van der Waals surface area contributed by atoms with Gasteiger partial charge in [0.05, 0.1) is 17.2 Å². The standard InChI is InChI=1S/C14H13F9N2/c15-9-6-7(13(18,19)20)5-8(14(21,22)23)10(9)11(12(16)17)25-3-1-24-2-4-25/h5-6,11-12,24H,1-4H2/t11-/m0/s1. The molecule has 142 valence electrons. The first kappa shape index (κ1) is 19.8. The van der Waals surface area contributed by atoms with Crippen LogP contribution in [0.5, 0.6) is 0 Å². The van der Waals surface area contributed by atoms with Crippen LogP contribution in [0.2, 0.25) is 0 Å². The van der Waals surface area contributed by atoms with E-state index < -0.39 is 47.3 Å². The summed E-state index contributed by atoms with van der Waals surface area (Å²) < 4.78 is 119. The summed E-state index contributed by atoms with van der Waals surface area (Å²) in [6.07, 6.45) is -14.1. The van der Waals surface area contributed by atoms with Crippen LogP contribution in [0, 0.1) is 5.82 Å². The summed E-state index contributed by atoms with van der Waals surface area (Å²) in [6.45, 7) is 0.194. The SMILES string of the molecule is Fc1cc(C(F)(F)F)cc(C(F)(F)F)c1[C@@H](C(F)F)N1CCNCC1. The minimum atomic E-state index is -5.42. The molecule has 1 saturated heterocycles. The largest absolute Gasteiger partial charge is 0.416 e. The summed E-state index contributed by atoms with van der Waals surface area (Å²) in [5.74, 6) is -1.95. The van der Waals surface area contributed by atoms with E-state index in [9.17, 15) is 39.5 Å². The maximum Gasteiger partial charge on any atom is 0.416 e. The highest BCUT2D eigenvalue weighted by Crippen LogP contribution is 2.43.